The van der Waals surface area contributed by atoms with Crippen LogP contribution in [0.2, 0.25) is 0 Å². The number of methoxy groups -OCH3 is 1. The minimum atomic E-state index is -1.18. The number of benzene rings is 2. The largest absolute Gasteiger partial charge is 0.497 e. The summed E-state index contributed by atoms with van der Waals surface area (Å²) in [5, 5.41) is 12.4. The number of carbonyl (C=O) groups is 2. The number of halogens is 2. The second-order valence-corrected chi connectivity index (χ2v) is 7.57. The summed E-state index contributed by atoms with van der Waals surface area (Å²) >= 11 is 0.918. The SMILES string of the molecule is COc1ccc(-c2c(C(=O)O)sc3c2NC(=O)CC3c2c(F)cccc2F)cc1. The zero-order chi connectivity index (χ0) is 20.7. The standard InChI is InChI=1S/C21H15F2NO4S/c1-28-11-7-5-10(6-8-11)16-18-19(29-20(16)21(26)27)12(9-15(25)24-18)17-13(22)3-2-4-14(17)23/h2-8,12H,9H2,1H3,(H,24,25)(H,26,27). The number of ether oxygens (including phenoxy) is 1. The van der Waals surface area contributed by atoms with Gasteiger partial charge in [-0.3, -0.25) is 4.79 Å². The minimum Gasteiger partial charge on any atom is -0.497 e. The normalized spacial score (nSPS) is 15.6. The quantitative estimate of drug-likeness (QED) is 0.637. The van der Waals surface area contributed by atoms with Crippen molar-refractivity contribution in [3.63, 3.8) is 0 Å². The summed E-state index contributed by atoms with van der Waals surface area (Å²) in [5.41, 5.74) is 0.912. The third kappa shape index (κ3) is 3.25. The number of aromatic carboxylic acids is 1. The summed E-state index contributed by atoms with van der Waals surface area (Å²) in [6.07, 6.45) is -0.174. The van der Waals surface area contributed by atoms with Gasteiger partial charge in [0.15, 0.2) is 0 Å². The first-order valence-electron chi connectivity index (χ1n) is 8.68. The molecule has 5 nitrogen and oxygen atoms in total. The van der Waals surface area contributed by atoms with E-state index in [1.807, 2.05) is 0 Å². The summed E-state index contributed by atoms with van der Waals surface area (Å²) in [5.74, 6) is -3.48. The zero-order valence-electron chi connectivity index (χ0n) is 15.2. The molecular weight excluding hydrogens is 400 g/mol. The van der Waals surface area contributed by atoms with Crippen LogP contribution in [0.3, 0.4) is 0 Å². The second kappa shape index (κ2) is 7.29. The van der Waals surface area contributed by atoms with Crippen molar-refractivity contribution in [2.24, 2.45) is 0 Å². The molecule has 1 atom stereocenters. The number of carboxylic acids is 1. The number of rotatable bonds is 4. The van der Waals surface area contributed by atoms with Gasteiger partial charge in [-0.1, -0.05) is 18.2 Å². The lowest BCUT2D eigenvalue weighted by atomic mass is 9.88. The molecule has 3 aromatic rings. The van der Waals surface area contributed by atoms with E-state index in [1.54, 1.807) is 24.3 Å². The molecule has 1 amide bonds. The average Bonchev–Trinajstić information content (AvgIpc) is 3.07. The summed E-state index contributed by atoms with van der Waals surface area (Å²) in [6.45, 7) is 0. The van der Waals surface area contributed by atoms with E-state index in [0.29, 0.717) is 21.8 Å². The maximum Gasteiger partial charge on any atom is 0.346 e. The van der Waals surface area contributed by atoms with E-state index >= 15 is 0 Å². The van der Waals surface area contributed by atoms with Gasteiger partial charge in [0.25, 0.3) is 0 Å². The number of fused-ring (bicyclic) bond motifs is 1. The van der Waals surface area contributed by atoms with Crippen LogP contribution < -0.4 is 10.1 Å². The zero-order valence-corrected chi connectivity index (χ0v) is 16.0. The maximum absolute atomic E-state index is 14.4. The van der Waals surface area contributed by atoms with Gasteiger partial charge in [-0.15, -0.1) is 11.3 Å². The van der Waals surface area contributed by atoms with Gasteiger partial charge >= 0.3 is 5.97 Å². The third-order valence-corrected chi connectivity index (χ3v) is 6.12. The van der Waals surface area contributed by atoms with E-state index in [2.05, 4.69) is 5.32 Å². The highest BCUT2D eigenvalue weighted by atomic mass is 32.1. The molecule has 2 N–H and O–H groups in total. The van der Waals surface area contributed by atoms with E-state index in [0.717, 1.165) is 23.5 Å². The number of hydrogen-bond acceptors (Lipinski definition) is 4. The van der Waals surface area contributed by atoms with Crippen molar-refractivity contribution in [3.05, 3.63) is 69.4 Å². The van der Waals surface area contributed by atoms with Gasteiger partial charge in [0.05, 0.1) is 12.8 Å². The Labute approximate surface area is 168 Å². The minimum absolute atomic E-state index is 0.0101. The molecule has 0 saturated carbocycles. The fourth-order valence-electron chi connectivity index (χ4n) is 3.55. The van der Waals surface area contributed by atoms with Crippen molar-refractivity contribution in [1.29, 1.82) is 0 Å². The van der Waals surface area contributed by atoms with E-state index in [-0.39, 0.29) is 22.5 Å². The first-order valence-corrected chi connectivity index (χ1v) is 9.50. The molecule has 0 bridgehead atoms. The molecule has 8 heteroatoms. The predicted octanol–water partition coefficient (Wildman–Crippen LogP) is 4.87. The van der Waals surface area contributed by atoms with E-state index < -0.39 is 29.4 Å². The highest BCUT2D eigenvalue weighted by molar-refractivity contribution is 7.15. The Morgan fingerprint density at radius 3 is 2.41 bits per heavy atom. The maximum atomic E-state index is 14.4. The average molecular weight is 415 g/mol. The Bertz CT molecular complexity index is 1100. The summed E-state index contributed by atoms with van der Waals surface area (Å²) in [4.78, 5) is 24.7. The molecule has 1 aromatic heterocycles. The third-order valence-electron chi connectivity index (χ3n) is 4.83. The molecule has 2 heterocycles. The van der Waals surface area contributed by atoms with Gasteiger partial charge in [0, 0.05) is 28.3 Å². The fraction of sp³-hybridized carbons (Fsp3) is 0.143. The molecule has 29 heavy (non-hydrogen) atoms. The number of thiophene rings is 1. The summed E-state index contributed by atoms with van der Waals surface area (Å²) < 4.78 is 34.0. The highest BCUT2D eigenvalue weighted by Gasteiger charge is 2.36. The molecule has 1 unspecified atom stereocenters. The molecule has 0 aliphatic carbocycles. The van der Waals surface area contributed by atoms with Crippen LogP contribution >= 0.6 is 11.3 Å². The molecule has 148 valence electrons. The van der Waals surface area contributed by atoms with Crippen LogP contribution in [0.5, 0.6) is 5.75 Å². The first-order chi connectivity index (χ1) is 13.9. The number of carbonyl (C=O) groups excluding carboxylic acids is 1. The van der Waals surface area contributed by atoms with Crippen LogP contribution in [0.4, 0.5) is 14.5 Å². The van der Waals surface area contributed by atoms with Crippen LogP contribution in [0.25, 0.3) is 11.1 Å². The van der Waals surface area contributed by atoms with Crippen molar-refractivity contribution >= 4 is 28.9 Å². The lowest BCUT2D eigenvalue weighted by Crippen LogP contribution is -2.23. The molecule has 0 saturated heterocycles. The van der Waals surface area contributed by atoms with Crippen LogP contribution in [0, 0.1) is 11.6 Å². The number of nitrogens with one attached hydrogen (secondary N) is 1. The summed E-state index contributed by atoms with van der Waals surface area (Å²) in [6, 6.07) is 10.2. The first kappa shape index (κ1) is 19.1. The fourth-order valence-corrected chi connectivity index (χ4v) is 4.78. The van der Waals surface area contributed by atoms with Crippen LogP contribution in [0.1, 0.15) is 32.5 Å². The lowest BCUT2D eigenvalue weighted by Gasteiger charge is -2.24. The molecule has 0 fully saturated rings. The van der Waals surface area contributed by atoms with Gasteiger partial charge in [-0.2, -0.15) is 0 Å². The molecule has 4 rings (SSSR count). The smallest absolute Gasteiger partial charge is 0.346 e. The molecule has 2 aromatic carbocycles. The number of anilines is 1. The van der Waals surface area contributed by atoms with Gasteiger partial charge in [-0.05, 0) is 29.8 Å². The number of hydrogen-bond donors (Lipinski definition) is 2. The Kier molecular flexibility index (Phi) is 4.79. The van der Waals surface area contributed by atoms with Crippen molar-refractivity contribution in [3.8, 4) is 16.9 Å². The highest BCUT2D eigenvalue weighted by Crippen LogP contribution is 2.50. The van der Waals surface area contributed by atoms with E-state index in [9.17, 15) is 23.5 Å². The molecule has 1 aliphatic heterocycles. The Hall–Kier alpha value is -3.26. The van der Waals surface area contributed by atoms with Gasteiger partial charge in [0.2, 0.25) is 5.91 Å². The van der Waals surface area contributed by atoms with Crippen LogP contribution in [-0.2, 0) is 4.79 Å². The lowest BCUT2D eigenvalue weighted by molar-refractivity contribution is -0.116. The van der Waals surface area contributed by atoms with Gasteiger partial charge in [-0.25, -0.2) is 13.6 Å². The Morgan fingerprint density at radius 1 is 1.17 bits per heavy atom. The van der Waals surface area contributed by atoms with Crippen LogP contribution in [-0.4, -0.2) is 24.1 Å². The topological polar surface area (TPSA) is 75.6 Å². The second-order valence-electron chi connectivity index (χ2n) is 6.52. The van der Waals surface area contributed by atoms with Gasteiger partial charge in [0.1, 0.15) is 22.3 Å². The Morgan fingerprint density at radius 2 is 1.83 bits per heavy atom. The molecule has 1 aliphatic rings. The number of amides is 1. The van der Waals surface area contributed by atoms with Gasteiger partial charge < -0.3 is 15.2 Å². The molecule has 0 spiro atoms. The van der Waals surface area contributed by atoms with Crippen molar-refractivity contribution in [1.82, 2.24) is 0 Å². The summed E-state index contributed by atoms with van der Waals surface area (Å²) in [7, 11) is 1.51. The molecular formula is C21H15F2NO4S. The van der Waals surface area contributed by atoms with E-state index in [4.69, 9.17) is 4.74 Å². The van der Waals surface area contributed by atoms with Crippen molar-refractivity contribution in [2.75, 3.05) is 12.4 Å². The number of carboxylic acid groups (broad SMARTS) is 1. The molecule has 0 radical (unpaired) electrons. The van der Waals surface area contributed by atoms with Crippen molar-refractivity contribution in [2.45, 2.75) is 12.3 Å². The van der Waals surface area contributed by atoms with E-state index in [1.165, 1.54) is 13.2 Å². The monoisotopic (exact) mass is 415 g/mol. The van der Waals surface area contributed by atoms with Crippen LogP contribution in [0.15, 0.2) is 42.5 Å². The Balaban J connectivity index is 1.95. The predicted molar refractivity (Wildman–Crippen MR) is 105 cm³/mol. The van der Waals surface area contributed by atoms with Crippen molar-refractivity contribution < 1.29 is 28.2 Å².